The molecule has 0 saturated carbocycles. The predicted octanol–water partition coefficient (Wildman–Crippen LogP) is 3.80. The van der Waals surface area contributed by atoms with Crippen LogP contribution in [0.25, 0.3) is 0 Å². The summed E-state index contributed by atoms with van der Waals surface area (Å²) in [5.74, 6) is 5.13. The van der Waals surface area contributed by atoms with Gasteiger partial charge in [0.25, 0.3) is 0 Å². The zero-order chi connectivity index (χ0) is 14.8. The van der Waals surface area contributed by atoms with Gasteiger partial charge >= 0.3 is 0 Å². The van der Waals surface area contributed by atoms with Crippen LogP contribution in [-0.4, -0.2) is 34.1 Å². The van der Waals surface area contributed by atoms with Crippen molar-refractivity contribution in [3.8, 4) is 0 Å². The van der Waals surface area contributed by atoms with E-state index in [1.165, 1.54) is 11.5 Å². The standard InChI is InChI=1S/C15H28N4S/c1-5-9-16-14-11-15(19-13(6-2)18-14)17-12(4)8-10-20-7-3/h11-12H,5-10H2,1-4H3,(H2,16,17,18,19). The number of thioether (sulfide) groups is 1. The molecule has 0 spiro atoms. The number of aromatic nitrogens is 2. The van der Waals surface area contributed by atoms with Gasteiger partial charge < -0.3 is 10.6 Å². The maximum Gasteiger partial charge on any atom is 0.132 e. The molecule has 0 radical (unpaired) electrons. The first-order chi connectivity index (χ1) is 9.69. The van der Waals surface area contributed by atoms with E-state index in [0.717, 1.165) is 43.3 Å². The molecule has 114 valence electrons. The lowest BCUT2D eigenvalue weighted by molar-refractivity contribution is 0.762. The van der Waals surface area contributed by atoms with Gasteiger partial charge in [-0.25, -0.2) is 9.97 Å². The lowest BCUT2D eigenvalue weighted by Gasteiger charge is -2.16. The highest BCUT2D eigenvalue weighted by Gasteiger charge is 2.06. The van der Waals surface area contributed by atoms with Crippen molar-refractivity contribution in [1.82, 2.24) is 9.97 Å². The molecule has 0 bridgehead atoms. The molecule has 0 aliphatic carbocycles. The van der Waals surface area contributed by atoms with Crippen molar-refractivity contribution < 1.29 is 0 Å². The lowest BCUT2D eigenvalue weighted by Crippen LogP contribution is -2.18. The van der Waals surface area contributed by atoms with Crippen LogP contribution in [0.4, 0.5) is 11.6 Å². The monoisotopic (exact) mass is 296 g/mol. The first-order valence-electron chi connectivity index (χ1n) is 7.65. The Morgan fingerprint density at radius 2 is 1.95 bits per heavy atom. The van der Waals surface area contributed by atoms with E-state index < -0.39 is 0 Å². The molecule has 0 amide bonds. The van der Waals surface area contributed by atoms with E-state index in [9.17, 15) is 0 Å². The summed E-state index contributed by atoms with van der Waals surface area (Å²) in [6, 6.07) is 2.45. The smallest absolute Gasteiger partial charge is 0.132 e. The van der Waals surface area contributed by atoms with Gasteiger partial charge in [-0.2, -0.15) is 11.8 Å². The Bertz CT molecular complexity index is 384. The zero-order valence-electron chi connectivity index (χ0n) is 13.2. The van der Waals surface area contributed by atoms with Gasteiger partial charge in [-0.1, -0.05) is 20.8 Å². The van der Waals surface area contributed by atoms with Crippen molar-refractivity contribution in [3.63, 3.8) is 0 Å². The van der Waals surface area contributed by atoms with Crippen molar-refractivity contribution >= 4 is 23.4 Å². The summed E-state index contributed by atoms with van der Waals surface area (Å²) in [6.45, 7) is 9.60. The second-order valence-corrected chi connectivity index (χ2v) is 6.26. The Morgan fingerprint density at radius 3 is 2.60 bits per heavy atom. The summed E-state index contributed by atoms with van der Waals surface area (Å²) in [5, 5.41) is 6.83. The number of aryl methyl sites for hydroxylation is 1. The fourth-order valence-corrected chi connectivity index (χ4v) is 2.61. The molecule has 0 aliphatic rings. The number of hydrogen-bond acceptors (Lipinski definition) is 5. The average molecular weight is 296 g/mol. The zero-order valence-corrected chi connectivity index (χ0v) is 14.0. The lowest BCUT2D eigenvalue weighted by atomic mass is 10.2. The SMILES string of the molecule is CCCNc1cc(NC(C)CCSCC)nc(CC)n1. The maximum atomic E-state index is 4.56. The van der Waals surface area contributed by atoms with Gasteiger partial charge in [0.1, 0.15) is 17.5 Å². The van der Waals surface area contributed by atoms with Crippen molar-refractivity contribution in [2.75, 3.05) is 28.7 Å². The van der Waals surface area contributed by atoms with Crippen molar-refractivity contribution in [1.29, 1.82) is 0 Å². The Morgan fingerprint density at radius 1 is 1.20 bits per heavy atom. The highest BCUT2D eigenvalue weighted by molar-refractivity contribution is 7.99. The van der Waals surface area contributed by atoms with E-state index in [0.29, 0.717) is 6.04 Å². The Labute approximate surface area is 127 Å². The number of hydrogen-bond donors (Lipinski definition) is 2. The second-order valence-electron chi connectivity index (χ2n) is 4.87. The largest absolute Gasteiger partial charge is 0.370 e. The van der Waals surface area contributed by atoms with E-state index in [4.69, 9.17) is 0 Å². The van der Waals surface area contributed by atoms with Gasteiger partial charge in [0, 0.05) is 25.1 Å². The van der Waals surface area contributed by atoms with Crippen LogP contribution < -0.4 is 10.6 Å². The molecule has 1 rings (SSSR count). The third-order valence-electron chi connectivity index (χ3n) is 2.94. The normalized spacial score (nSPS) is 12.2. The molecule has 0 saturated heterocycles. The van der Waals surface area contributed by atoms with Gasteiger partial charge in [-0.05, 0) is 31.3 Å². The molecular formula is C15H28N4S. The van der Waals surface area contributed by atoms with E-state index >= 15 is 0 Å². The highest BCUT2D eigenvalue weighted by atomic mass is 32.2. The van der Waals surface area contributed by atoms with Gasteiger partial charge in [-0.3, -0.25) is 0 Å². The summed E-state index contributed by atoms with van der Waals surface area (Å²) in [7, 11) is 0. The minimum absolute atomic E-state index is 0.438. The molecule has 1 aromatic heterocycles. The molecule has 2 N–H and O–H groups in total. The molecular weight excluding hydrogens is 268 g/mol. The van der Waals surface area contributed by atoms with Crippen LogP contribution in [0.2, 0.25) is 0 Å². The fraction of sp³-hybridized carbons (Fsp3) is 0.733. The Hall–Kier alpha value is -0.970. The topological polar surface area (TPSA) is 49.8 Å². The van der Waals surface area contributed by atoms with Crippen LogP contribution in [0.3, 0.4) is 0 Å². The van der Waals surface area contributed by atoms with Gasteiger partial charge in [0.05, 0.1) is 0 Å². The van der Waals surface area contributed by atoms with Crippen LogP contribution >= 0.6 is 11.8 Å². The van der Waals surface area contributed by atoms with Crippen molar-refractivity contribution in [2.45, 2.75) is 53.0 Å². The molecule has 1 aromatic rings. The number of anilines is 2. The fourth-order valence-electron chi connectivity index (χ4n) is 1.80. The van der Waals surface area contributed by atoms with Crippen LogP contribution in [0.5, 0.6) is 0 Å². The van der Waals surface area contributed by atoms with E-state index in [-0.39, 0.29) is 0 Å². The minimum atomic E-state index is 0.438. The maximum absolute atomic E-state index is 4.56. The Kier molecular flexibility index (Phi) is 8.42. The quantitative estimate of drug-likeness (QED) is 0.643. The molecule has 0 aliphatic heterocycles. The highest BCUT2D eigenvalue weighted by Crippen LogP contribution is 2.14. The van der Waals surface area contributed by atoms with Crippen LogP contribution in [-0.2, 0) is 6.42 Å². The van der Waals surface area contributed by atoms with Crippen molar-refractivity contribution in [2.24, 2.45) is 0 Å². The van der Waals surface area contributed by atoms with E-state index in [1.807, 2.05) is 17.8 Å². The van der Waals surface area contributed by atoms with Gasteiger partial charge in [-0.15, -0.1) is 0 Å². The molecule has 1 atom stereocenters. The van der Waals surface area contributed by atoms with Gasteiger partial charge in [0.15, 0.2) is 0 Å². The molecule has 20 heavy (non-hydrogen) atoms. The first-order valence-corrected chi connectivity index (χ1v) is 8.81. The molecule has 5 heteroatoms. The molecule has 1 unspecified atom stereocenters. The second kappa shape index (κ2) is 9.86. The summed E-state index contributed by atoms with van der Waals surface area (Å²) in [4.78, 5) is 9.06. The Balaban J connectivity index is 2.62. The average Bonchev–Trinajstić information content (AvgIpc) is 2.45. The summed E-state index contributed by atoms with van der Waals surface area (Å²) < 4.78 is 0. The van der Waals surface area contributed by atoms with Crippen LogP contribution in [0.1, 0.15) is 46.4 Å². The minimum Gasteiger partial charge on any atom is -0.370 e. The number of rotatable bonds is 10. The molecule has 4 nitrogen and oxygen atoms in total. The van der Waals surface area contributed by atoms with Crippen molar-refractivity contribution in [3.05, 3.63) is 11.9 Å². The summed E-state index contributed by atoms with van der Waals surface area (Å²) in [5.41, 5.74) is 0. The summed E-state index contributed by atoms with van der Waals surface area (Å²) in [6.07, 6.45) is 3.11. The molecule has 0 aromatic carbocycles. The van der Waals surface area contributed by atoms with Crippen LogP contribution in [0.15, 0.2) is 6.07 Å². The first kappa shape index (κ1) is 17.1. The van der Waals surface area contributed by atoms with E-state index in [1.54, 1.807) is 0 Å². The van der Waals surface area contributed by atoms with E-state index in [2.05, 4.69) is 48.3 Å². The molecule has 1 heterocycles. The van der Waals surface area contributed by atoms with Gasteiger partial charge in [0.2, 0.25) is 0 Å². The predicted molar refractivity (Wildman–Crippen MR) is 90.9 cm³/mol. The molecule has 0 fully saturated rings. The number of nitrogens with zero attached hydrogens (tertiary/aromatic N) is 2. The third-order valence-corrected chi connectivity index (χ3v) is 3.87. The summed E-state index contributed by atoms with van der Waals surface area (Å²) >= 11 is 1.98. The number of nitrogens with one attached hydrogen (secondary N) is 2. The van der Waals surface area contributed by atoms with Crippen LogP contribution in [0, 0.1) is 0 Å². The third kappa shape index (κ3) is 6.46.